The molecule has 1 saturated heterocycles. The highest BCUT2D eigenvalue weighted by Gasteiger charge is 2.21. The van der Waals surface area contributed by atoms with Gasteiger partial charge in [0.2, 0.25) is 0 Å². The summed E-state index contributed by atoms with van der Waals surface area (Å²) in [4.78, 5) is 0. The SMILES string of the molecule is C=CC(NCC)C1COCCO1. The van der Waals surface area contributed by atoms with E-state index in [1.807, 2.05) is 6.08 Å². The van der Waals surface area contributed by atoms with Gasteiger partial charge >= 0.3 is 0 Å². The highest BCUT2D eigenvalue weighted by Crippen LogP contribution is 2.06. The van der Waals surface area contributed by atoms with Crippen LogP contribution in [0.25, 0.3) is 0 Å². The second kappa shape index (κ2) is 5.30. The van der Waals surface area contributed by atoms with Gasteiger partial charge in [0.05, 0.1) is 32.0 Å². The fourth-order valence-electron chi connectivity index (χ4n) is 1.32. The molecule has 1 heterocycles. The van der Waals surface area contributed by atoms with E-state index in [0.717, 1.165) is 6.54 Å². The lowest BCUT2D eigenvalue weighted by Crippen LogP contribution is -2.45. The molecule has 2 atom stereocenters. The summed E-state index contributed by atoms with van der Waals surface area (Å²) in [6.07, 6.45) is 2.01. The molecule has 1 N–H and O–H groups in total. The Hall–Kier alpha value is -0.380. The minimum Gasteiger partial charge on any atom is -0.376 e. The number of hydrogen-bond acceptors (Lipinski definition) is 3. The van der Waals surface area contributed by atoms with E-state index >= 15 is 0 Å². The van der Waals surface area contributed by atoms with Crippen LogP contribution in [0.2, 0.25) is 0 Å². The van der Waals surface area contributed by atoms with Gasteiger partial charge in [-0.2, -0.15) is 0 Å². The highest BCUT2D eigenvalue weighted by atomic mass is 16.6. The van der Waals surface area contributed by atoms with E-state index in [-0.39, 0.29) is 12.1 Å². The van der Waals surface area contributed by atoms with Crippen molar-refractivity contribution >= 4 is 0 Å². The maximum absolute atomic E-state index is 5.52. The molecule has 1 aliphatic heterocycles. The van der Waals surface area contributed by atoms with E-state index in [0.29, 0.717) is 19.8 Å². The van der Waals surface area contributed by atoms with Gasteiger partial charge in [0.15, 0.2) is 0 Å². The smallest absolute Gasteiger partial charge is 0.0997 e. The van der Waals surface area contributed by atoms with Crippen LogP contribution in [0.4, 0.5) is 0 Å². The van der Waals surface area contributed by atoms with Gasteiger partial charge in [0.1, 0.15) is 0 Å². The van der Waals surface area contributed by atoms with Crippen molar-refractivity contribution in [1.29, 1.82) is 0 Å². The third-order valence-corrected chi connectivity index (χ3v) is 1.94. The lowest BCUT2D eigenvalue weighted by atomic mass is 10.1. The Morgan fingerprint density at radius 1 is 1.67 bits per heavy atom. The second-order valence-corrected chi connectivity index (χ2v) is 2.80. The predicted molar refractivity (Wildman–Crippen MR) is 48.2 cm³/mol. The zero-order chi connectivity index (χ0) is 8.81. The molecule has 1 rings (SSSR count). The zero-order valence-corrected chi connectivity index (χ0v) is 7.58. The average Bonchev–Trinajstić information content (AvgIpc) is 2.15. The van der Waals surface area contributed by atoms with Gasteiger partial charge in [-0.25, -0.2) is 0 Å². The molecule has 0 aromatic carbocycles. The van der Waals surface area contributed by atoms with Crippen LogP contribution in [0.3, 0.4) is 0 Å². The summed E-state index contributed by atoms with van der Waals surface area (Å²) in [5.74, 6) is 0. The number of likely N-dealkylation sites (N-methyl/N-ethyl adjacent to an activating group) is 1. The molecule has 3 nitrogen and oxygen atoms in total. The van der Waals surface area contributed by atoms with Crippen LogP contribution in [0.15, 0.2) is 12.7 Å². The van der Waals surface area contributed by atoms with Crippen molar-refractivity contribution in [3.8, 4) is 0 Å². The third kappa shape index (κ3) is 2.59. The van der Waals surface area contributed by atoms with Crippen molar-refractivity contribution in [3.05, 3.63) is 12.7 Å². The number of nitrogens with one attached hydrogen (secondary N) is 1. The first-order valence-corrected chi connectivity index (χ1v) is 4.43. The molecule has 0 aromatic heterocycles. The van der Waals surface area contributed by atoms with Crippen molar-refractivity contribution in [2.24, 2.45) is 0 Å². The monoisotopic (exact) mass is 171 g/mol. The first-order valence-electron chi connectivity index (χ1n) is 4.43. The molecule has 1 aliphatic rings. The fraction of sp³-hybridized carbons (Fsp3) is 0.778. The number of ether oxygens (including phenoxy) is 2. The summed E-state index contributed by atoms with van der Waals surface area (Å²) >= 11 is 0. The summed E-state index contributed by atoms with van der Waals surface area (Å²) in [7, 11) is 0. The van der Waals surface area contributed by atoms with Gasteiger partial charge in [-0.1, -0.05) is 13.0 Å². The van der Waals surface area contributed by atoms with E-state index < -0.39 is 0 Å². The first kappa shape index (κ1) is 9.71. The van der Waals surface area contributed by atoms with Crippen LogP contribution in [0.1, 0.15) is 6.92 Å². The van der Waals surface area contributed by atoms with Crippen molar-refractivity contribution < 1.29 is 9.47 Å². The number of hydrogen-bond donors (Lipinski definition) is 1. The lowest BCUT2D eigenvalue weighted by Gasteiger charge is -2.28. The number of rotatable bonds is 4. The summed E-state index contributed by atoms with van der Waals surface area (Å²) in [6, 6.07) is 0.218. The van der Waals surface area contributed by atoms with Crippen LogP contribution in [0, 0.1) is 0 Å². The van der Waals surface area contributed by atoms with Crippen LogP contribution in [-0.2, 0) is 9.47 Å². The highest BCUT2D eigenvalue weighted by molar-refractivity contribution is 4.92. The molecule has 0 bridgehead atoms. The molecule has 12 heavy (non-hydrogen) atoms. The normalized spacial score (nSPS) is 26.6. The second-order valence-electron chi connectivity index (χ2n) is 2.80. The van der Waals surface area contributed by atoms with Crippen molar-refractivity contribution in [2.75, 3.05) is 26.4 Å². The quantitative estimate of drug-likeness (QED) is 0.627. The Morgan fingerprint density at radius 3 is 3.00 bits per heavy atom. The van der Waals surface area contributed by atoms with Gasteiger partial charge in [-0.15, -0.1) is 6.58 Å². The minimum absolute atomic E-state index is 0.135. The molecule has 0 aliphatic carbocycles. The molecule has 0 spiro atoms. The third-order valence-electron chi connectivity index (χ3n) is 1.94. The fourth-order valence-corrected chi connectivity index (χ4v) is 1.32. The van der Waals surface area contributed by atoms with E-state index in [4.69, 9.17) is 9.47 Å². The van der Waals surface area contributed by atoms with Crippen LogP contribution < -0.4 is 5.32 Å². The van der Waals surface area contributed by atoms with Gasteiger partial charge in [-0.05, 0) is 6.54 Å². The van der Waals surface area contributed by atoms with Crippen LogP contribution in [-0.4, -0.2) is 38.5 Å². The van der Waals surface area contributed by atoms with E-state index in [1.165, 1.54) is 0 Å². The largest absolute Gasteiger partial charge is 0.376 e. The van der Waals surface area contributed by atoms with E-state index in [1.54, 1.807) is 0 Å². The Labute approximate surface area is 73.7 Å². The summed E-state index contributed by atoms with van der Waals surface area (Å²) < 4.78 is 10.8. The van der Waals surface area contributed by atoms with Crippen molar-refractivity contribution in [3.63, 3.8) is 0 Å². The summed E-state index contributed by atoms with van der Waals surface area (Å²) in [6.45, 7) is 8.83. The lowest BCUT2D eigenvalue weighted by molar-refractivity contribution is -0.0953. The maximum Gasteiger partial charge on any atom is 0.0997 e. The Bertz CT molecular complexity index is 132. The van der Waals surface area contributed by atoms with Crippen LogP contribution >= 0.6 is 0 Å². The molecule has 1 fully saturated rings. The van der Waals surface area contributed by atoms with Gasteiger partial charge in [0, 0.05) is 0 Å². The standard InChI is InChI=1S/C9H17NO2/c1-3-8(10-4-2)9-7-11-5-6-12-9/h3,8-10H,1,4-7H2,2H3. The zero-order valence-electron chi connectivity index (χ0n) is 7.58. The van der Waals surface area contributed by atoms with Gasteiger partial charge < -0.3 is 14.8 Å². The summed E-state index contributed by atoms with van der Waals surface area (Å²) in [5.41, 5.74) is 0. The Balaban J connectivity index is 2.34. The summed E-state index contributed by atoms with van der Waals surface area (Å²) in [5, 5.41) is 3.28. The van der Waals surface area contributed by atoms with Gasteiger partial charge in [0.25, 0.3) is 0 Å². The van der Waals surface area contributed by atoms with Crippen molar-refractivity contribution in [2.45, 2.75) is 19.1 Å². The molecule has 0 saturated carbocycles. The average molecular weight is 171 g/mol. The Kier molecular flexibility index (Phi) is 4.29. The molecule has 3 heteroatoms. The van der Waals surface area contributed by atoms with E-state index in [2.05, 4.69) is 18.8 Å². The molecular weight excluding hydrogens is 154 g/mol. The predicted octanol–water partition coefficient (Wildman–Crippen LogP) is 0.566. The van der Waals surface area contributed by atoms with Crippen molar-refractivity contribution in [1.82, 2.24) is 5.32 Å². The maximum atomic E-state index is 5.52. The molecule has 0 aromatic rings. The molecule has 0 radical (unpaired) electrons. The molecular formula is C9H17NO2. The Morgan fingerprint density at radius 2 is 2.50 bits per heavy atom. The van der Waals surface area contributed by atoms with Crippen LogP contribution in [0.5, 0.6) is 0 Å². The minimum atomic E-state index is 0.135. The molecule has 0 amide bonds. The first-order chi connectivity index (χ1) is 5.88. The molecule has 70 valence electrons. The van der Waals surface area contributed by atoms with E-state index in [9.17, 15) is 0 Å². The van der Waals surface area contributed by atoms with Gasteiger partial charge in [-0.3, -0.25) is 0 Å². The topological polar surface area (TPSA) is 30.5 Å². The molecule has 2 unspecified atom stereocenters.